The van der Waals surface area contributed by atoms with E-state index in [1.54, 1.807) is 48.5 Å². The molecule has 0 aliphatic heterocycles. The number of halogens is 1. The summed E-state index contributed by atoms with van der Waals surface area (Å²) < 4.78 is 41.0. The van der Waals surface area contributed by atoms with Crippen molar-refractivity contribution in [2.24, 2.45) is 0 Å². The number of nitrogens with one attached hydrogen (secondary N) is 1. The maximum atomic E-state index is 13.3. The van der Waals surface area contributed by atoms with Crippen molar-refractivity contribution in [3.63, 3.8) is 0 Å². The van der Waals surface area contributed by atoms with E-state index in [1.807, 2.05) is 13.8 Å². The molecule has 0 spiro atoms. The third kappa shape index (κ3) is 5.24. The van der Waals surface area contributed by atoms with E-state index in [1.165, 1.54) is 24.3 Å². The fourth-order valence-corrected chi connectivity index (χ4v) is 4.32. The average Bonchev–Trinajstić information content (AvgIpc) is 2.71. The molecule has 156 valence electrons. The van der Waals surface area contributed by atoms with Gasteiger partial charge in [0.05, 0.1) is 10.6 Å². The molecule has 0 aromatic heterocycles. The van der Waals surface area contributed by atoms with E-state index >= 15 is 0 Å². The summed E-state index contributed by atoms with van der Waals surface area (Å²) in [5.41, 5.74) is 2.89. The molecule has 3 rings (SSSR count). The van der Waals surface area contributed by atoms with Crippen molar-refractivity contribution in [3.8, 4) is 0 Å². The minimum Gasteiger partial charge on any atom is -0.350 e. The SMILES string of the molecule is Cc1ccc(N(CC(=O)NCc2cccc(F)c2)S(=O)(=O)c2ccc(C)cc2)cc1. The number of nitrogens with zero attached hydrogens (tertiary/aromatic N) is 1. The van der Waals surface area contributed by atoms with Crippen LogP contribution < -0.4 is 9.62 Å². The molecular formula is C23H23FN2O3S. The van der Waals surface area contributed by atoms with E-state index < -0.39 is 28.3 Å². The van der Waals surface area contributed by atoms with E-state index in [4.69, 9.17) is 0 Å². The molecular weight excluding hydrogens is 403 g/mol. The number of sulfonamides is 1. The molecule has 30 heavy (non-hydrogen) atoms. The molecule has 1 amide bonds. The lowest BCUT2D eigenvalue weighted by atomic mass is 10.2. The van der Waals surface area contributed by atoms with Crippen LogP contribution in [-0.4, -0.2) is 20.9 Å². The second-order valence-corrected chi connectivity index (χ2v) is 8.93. The zero-order valence-electron chi connectivity index (χ0n) is 16.8. The highest BCUT2D eigenvalue weighted by atomic mass is 32.2. The number of benzene rings is 3. The number of anilines is 1. The molecule has 0 saturated heterocycles. The zero-order chi connectivity index (χ0) is 21.7. The van der Waals surface area contributed by atoms with Crippen LogP contribution in [0.2, 0.25) is 0 Å². The summed E-state index contributed by atoms with van der Waals surface area (Å²) in [5.74, 6) is -0.888. The average molecular weight is 427 g/mol. The highest BCUT2D eigenvalue weighted by Gasteiger charge is 2.27. The van der Waals surface area contributed by atoms with Crippen LogP contribution in [0.1, 0.15) is 16.7 Å². The van der Waals surface area contributed by atoms with Crippen molar-refractivity contribution >= 4 is 21.6 Å². The summed E-state index contributed by atoms with van der Waals surface area (Å²) >= 11 is 0. The highest BCUT2D eigenvalue weighted by Crippen LogP contribution is 2.24. The van der Waals surface area contributed by atoms with Crippen LogP contribution in [0.5, 0.6) is 0 Å². The molecule has 0 aliphatic carbocycles. The largest absolute Gasteiger partial charge is 0.350 e. The van der Waals surface area contributed by atoms with Gasteiger partial charge < -0.3 is 5.32 Å². The Hall–Kier alpha value is -3.19. The second-order valence-electron chi connectivity index (χ2n) is 7.07. The molecule has 0 fully saturated rings. The first kappa shape index (κ1) is 21.5. The van der Waals surface area contributed by atoms with Crippen molar-refractivity contribution in [3.05, 3.63) is 95.3 Å². The van der Waals surface area contributed by atoms with Crippen LogP contribution in [0.4, 0.5) is 10.1 Å². The smallest absolute Gasteiger partial charge is 0.264 e. The van der Waals surface area contributed by atoms with Gasteiger partial charge in [-0.25, -0.2) is 12.8 Å². The van der Waals surface area contributed by atoms with Crippen LogP contribution in [0.25, 0.3) is 0 Å². The van der Waals surface area contributed by atoms with E-state index in [2.05, 4.69) is 5.32 Å². The maximum Gasteiger partial charge on any atom is 0.264 e. The molecule has 0 aliphatic rings. The van der Waals surface area contributed by atoms with Crippen molar-refractivity contribution in [1.29, 1.82) is 0 Å². The number of amides is 1. The Labute approximate surface area is 176 Å². The monoisotopic (exact) mass is 426 g/mol. The van der Waals surface area contributed by atoms with E-state index in [-0.39, 0.29) is 11.4 Å². The van der Waals surface area contributed by atoms with Crippen molar-refractivity contribution in [2.75, 3.05) is 10.8 Å². The first-order chi connectivity index (χ1) is 14.3. The Morgan fingerprint density at radius 1 is 0.933 bits per heavy atom. The first-order valence-electron chi connectivity index (χ1n) is 9.43. The van der Waals surface area contributed by atoms with Gasteiger partial charge in [0.1, 0.15) is 12.4 Å². The van der Waals surface area contributed by atoms with Gasteiger partial charge in [-0.15, -0.1) is 0 Å². The number of hydrogen-bond donors (Lipinski definition) is 1. The van der Waals surface area contributed by atoms with Gasteiger partial charge in [-0.05, 0) is 55.8 Å². The van der Waals surface area contributed by atoms with Gasteiger partial charge in [0.25, 0.3) is 10.0 Å². The summed E-state index contributed by atoms with van der Waals surface area (Å²) in [6, 6.07) is 19.3. The molecule has 0 atom stereocenters. The Bertz CT molecular complexity index is 1130. The molecule has 1 N–H and O–H groups in total. The summed E-state index contributed by atoms with van der Waals surface area (Å²) in [6.45, 7) is 3.47. The molecule has 7 heteroatoms. The molecule has 0 saturated carbocycles. The molecule has 0 unspecified atom stereocenters. The van der Waals surface area contributed by atoms with Crippen molar-refractivity contribution < 1.29 is 17.6 Å². The molecule has 5 nitrogen and oxygen atoms in total. The topological polar surface area (TPSA) is 66.5 Å². The number of carbonyl (C=O) groups excluding carboxylic acids is 1. The summed E-state index contributed by atoms with van der Waals surface area (Å²) in [5, 5.41) is 2.66. The normalized spacial score (nSPS) is 11.2. The Kier molecular flexibility index (Phi) is 6.52. The van der Waals surface area contributed by atoms with Crippen LogP contribution in [-0.2, 0) is 21.4 Å². The van der Waals surface area contributed by atoms with Crippen LogP contribution in [0.3, 0.4) is 0 Å². The van der Waals surface area contributed by atoms with E-state index in [0.717, 1.165) is 15.4 Å². The first-order valence-corrected chi connectivity index (χ1v) is 10.9. The lowest BCUT2D eigenvalue weighted by molar-refractivity contribution is -0.119. The van der Waals surface area contributed by atoms with Gasteiger partial charge in [0, 0.05) is 6.54 Å². The Morgan fingerprint density at radius 2 is 1.53 bits per heavy atom. The van der Waals surface area contributed by atoms with E-state index in [9.17, 15) is 17.6 Å². The van der Waals surface area contributed by atoms with Gasteiger partial charge in [-0.1, -0.05) is 47.5 Å². The van der Waals surface area contributed by atoms with Gasteiger partial charge >= 0.3 is 0 Å². The minimum atomic E-state index is -3.96. The fraction of sp³-hybridized carbons (Fsp3) is 0.174. The van der Waals surface area contributed by atoms with Crippen LogP contribution in [0.15, 0.2) is 77.7 Å². The minimum absolute atomic E-state index is 0.100. The number of rotatable bonds is 7. The molecule has 0 bridgehead atoms. The van der Waals surface area contributed by atoms with Crippen LogP contribution in [0, 0.1) is 19.7 Å². The maximum absolute atomic E-state index is 13.3. The van der Waals surface area contributed by atoms with E-state index in [0.29, 0.717) is 11.3 Å². The Morgan fingerprint density at radius 3 is 2.13 bits per heavy atom. The Balaban J connectivity index is 1.85. The zero-order valence-corrected chi connectivity index (χ0v) is 17.6. The molecule has 0 radical (unpaired) electrons. The third-order valence-electron chi connectivity index (χ3n) is 4.60. The lowest BCUT2D eigenvalue weighted by Gasteiger charge is -2.24. The lowest BCUT2D eigenvalue weighted by Crippen LogP contribution is -2.40. The molecule has 3 aromatic rings. The number of carbonyl (C=O) groups is 1. The summed E-state index contributed by atoms with van der Waals surface area (Å²) in [4.78, 5) is 12.7. The predicted molar refractivity (Wildman–Crippen MR) is 115 cm³/mol. The van der Waals surface area contributed by atoms with Crippen molar-refractivity contribution in [1.82, 2.24) is 5.32 Å². The summed E-state index contributed by atoms with van der Waals surface area (Å²) in [6.07, 6.45) is 0. The number of hydrogen-bond acceptors (Lipinski definition) is 3. The molecule has 0 heterocycles. The van der Waals surface area contributed by atoms with Gasteiger partial charge in [0.2, 0.25) is 5.91 Å². The van der Waals surface area contributed by atoms with Crippen LogP contribution >= 0.6 is 0 Å². The fourth-order valence-electron chi connectivity index (χ4n) is 2.90. The standard InChI is InChI=1S/C23H23FN2O3S/c1-17-6-10-21(11-7-17)26(30(28,29)22-12-8-18(2)9-13-22)16-23(27)25-15-19-4-3-5-20(24)14-19/h3-14H,15-16H2,1-2H3,(H,25,27). The quantitative estimate of drug-likeness (QED) is 0.622. The van der Waals surface area contributed by atoms with Gasteiger partial charge in [0.15, 0.2) is 0 Å². The van der Waals surface area contributed by atoms with Gasteiger partial charge in [-0.2, -0.15) is 0 Å². The third-order valence-corrected chi connectivity index (χ3v) is 6.38. The number of aryl methyl sites for hydroxylation is 2. The van der Waals surface area contributed by atoms with Crippen molar-refractivity contribution in [2.45, 2.75) is 25.3 Å². The van der Waals surface area contributed by atoms with Gasteiger partial charge in [-0.3, -0.25) is 9.10 Å². The second kappa shape index (κ2) is 9.09. The molecule has 3 aromatic carbocycles. The summed E-state index contributed by atoms with van der Waals surface area (Å²) in [7, 11) is -3.96. The predicted octanol–water partition coefficient (Wildman–Crippen LogP) is 3.95. The highest BCUT2D eigenvalue weighted by molar-refractivity contribution is 7.92.